The van der Waals surface area contributed by atoms with Gasteiger partial charge >= 0.3 is 0 Å². The predicted molar refractivity (Wildman–Crippen MR) is 110 cm³/mol. The number of nitrogens with zero attached hydrogens (tertiary/aromatic N) is 7. The molecule has 1 aromatic carbocycles. The first kappa shape index (κ1) is 18.4. The third-order valence-corrected chi connectivity index (χ3v) is 4.70. The molecule has 8 heteroatoms. The highest BCUT2D eigenvalue weighted by Gasteiger charge is 2.15. The summed E-state index contributed by atoms with van der Waals surface area (Å²) in [6.45, 7) is 5.95. The van der Waals surface area contributed by atoms with Crippen LogP contribution >= 0.6 is 0 Å². The Kier molecular flexibility index (Phi) is 4.56. The molecule has 0 fully saturated rings. The third kappa shape index (κ3) is 3.46. The van der Waals surface area contributed by atoms with Crippen LogP contribution in [0.3, 0.4) is 0 Å². The number of aromatic nitrogens is 6. The second kappa shape index (κ2) is 7.20. The van der Waals surface area contributed by atoms with Gasteiger partial charge in [-0.05, 0) is 39.0 Å². The van der Waals surface area contributed by atoms with Gasteiger partial charge in [-0.1, -0.05) is 12.1 Å². The van der Waals surface area contributed by atoms with Gasteiger partial charge < -0.3 is 5.32 Å². The summed E-state index contributed by atoms with van der Waals surface area (Å²) in [5, 5.41) is 21.5. The number of benzene rings is 1. The lowest BCUT2D eigenvalue weighted by molar-refractivity contribution is 0.777. The van der Waals surface area contributed by atoms with E-state index >= 15 is 0 Å². The van der Waals surface area contributed by atoms with Crippen molar-refractivity contribution in [3.8, 4) is 23.1 Å². The number of rotatable bonds is 4. The Morgan fingerprint density at radius 1 is 1.00 bits per heavy atom. The van der Waals surface area contributed by atoms with Crippen molar-refractivity contribution in [2.24, 2.45) is 7.05 Å². The number of nitriles is 1. The van der Waals surface area contributed by atoms with E-state index in [9.17, 15) is 0 Å². The molecule has 0 spiro atoms. The molecule has 1 N–H and O–H groups in total. The lowest BCUT2D eigenvalue weighted by Gasteiger charge is -2.09. The normalized spacial score (nSPS) is 10.7. The standard InChI is InChI=1S/C21H20N8/c1-13-9-14(2)29(26-13)19-10-18(23-12-24-19)25-21-15(3)20(27-28(21)4)17-7-5-16(11-22)6-8-17/h5-10,12H,1-4H3,(H,23,24,25). The van der Waals surface area contributed by atoms with Crippen LogP contribution in [0.15, 0.2) is 42.7 Å². The van der Waals surface area contributed by atoms with E-state index in [-0.39, 0.29) is 0 Å². The number of hydrogen-bond donors (Lipinski definition) is 1. The van der Waals surface area contributed by atoms with E-state index in [1.807, 2.05) is 52.1 Å². The molecule has 3 aromatic heterocycles. The van der Waals surface area contributed by atoms with Crippen LogP contribution in [-0.2, 0) is 7.05 Å². The van der Waals surface area contributed by atoms with E-state index in [0.717, 1.165) is 34.0 Å². The molecule has 0 saturated heterocycles. The largest absolute Gasteiger partial charge is 0.325 e. The molecule has 29 heavy (non-hydrogen) atoms. The summed E-state index contributed by atoms with van der Waals surface area (Å²) in [7, 11) is 1.88. The van der Waals surface area contributed by atoms with Gasteiger partial charge in [0.2, 0.25) is 0 Å². The summed E-state index contributed by atoms with van der Waals surface area (Å²) < 4.78 is 3.58. The van der Waals surface area contributed by atoms with Gasteiger partial charge in [-0.3, -0.25) is 4.68 Å². The van der Waals surface area contributed by atoms with Crippen LogP contribution in [0, 0.1) is 32.1 Å². The highest BCUT2D eigenvalue weighted by Crippen LogP contribution is 2.29. The molecule has 0 unspecified atom stereocenters. The SMILES string of the molecule is Cc1cc(C)n(-c2cc(Nc3c(C)c(-c4ccc(C#N)cc4)nn3C)ncn2)n1. The van der Waals surface area contributed by atoms with Crippen molar-refractivity contribution < 1.29 is 0 Å². The number of anilines is 2. The fourth-order valence-electron chi connectivity index (χ4n) is 3.29. The summed E-state index contributed by atoms with van der Waals surface area (Å²) in [6, 6.07) is 13.4. The number of nitrogens with one attached hydrogen (secondary N) is 1. The van der Waals surface area contributed by atoms with Crippen molar-refractivity contribution in [1.82, 2.24) is 29.5 Å². The number of hydrogen-bond acceptors (Lipinski definition) is 6. The Morgan fingerprint density at radius 2 is 1.76 bits per heavy atom. The van der Waals surface area contributed by atoms with E-state index in [1.165, 1.54) is 6.33 Å². The van der Waals surface area contributed by atoms with E-state index in [0.29, 0.717) is 17.2 Å². The van der Waals surface area contributed by atoms with E-state index < -0.39 is 0 Å². The minimum Gasteiger partial charge on any atom is -0.325 e. The van der Waals surface area contributed by atoms with Crippen LogP contribution in [0.5, 0.6) is 0 Å². The Bertz CT molecular complexity index is 1220. The maximum absolute atomic E-state index is 8.99. The molecule has 0 saturated carbocycles. The molecule has 8 nitrogen and oxygen atoms in total. The molecule has 3 heterocycles. The van der Waals surface area contributed by atoms with Gasteiger partial charge in [0, 0.05) is 29.9 Å². The second-order valence-electron chi connectivity index (χ2n) is 6.86. The van der Waals surface area contributed by atoms with E-state index in [2.05, 4.69) is 31.6 Å². The highest BCUT2D eigenvalue weighted by atomic mass is 15.3. The Labute approximate surface area is 168 Å². The first-order chi connectivity index (χ1) is 14.0. The fourth-order valence-corrected chi connectivity index (χ4v) is 3.29. The Morgan fingerprint density at radius 3 is 2.41 bits per heavy atom. The first-order valence-electron chi connectivity index (χ1n) is 9.13. The Hall–Kier alpha value is -3.99. The molecule has 0 aliphatic heterocycles. The molecule has 0 bridgehead atoms. The molecular formula is C21H20N8. The molecule has 0 radical (unpaired) electrons. The van der Waals surface area contributed by atoms with E-state index in [1.54, 1.807) is 21.5 Å². The zero-order valence-electron chi connectivity index (χ0n) is 16.7. The van der Waals surface area contributed by atoms with Crippen molar-refractivity contribution in [2.75, 3.05) is 5.32 Å². The topological polar surface area (TPSA) is 97.2 Å². The summed E-state index contributed by atoms with van der Waals surface area (Å²) in [5.74, 6) is 2.18. The maximum Gasteiger partial charge on any atom is 0.159 e. The van der Waals surface area contributed by atoms with Crippen molar-refractivity contribution in [1.29, 1.82) is 5.26 Å². The van der Waals surface area contributed by atoms with Crippen LogP contribution in [0.25, 0.3) is 17.1 Å². The highest BCUT2D eigenvalue weighted by molar-refractivity contribution is 5.71. The van der Waals surface area contributed by atoms with Crippen molar-refractivity contribution >= 4 is 11.6 Å². The van der Waals surface area contributed by atoms with Crippen molar-refractivity contribution in [2.45, 2.75) is 20.8 Å². The van der Waals surface area contributed by atoms with Gasteiger partial charge in [0.25, 0.3) is 0 Å². The maximum atomic E-state index is 8.99. The molecule has 0 aliphatic carbocycles. The third-order valence-electron chi connectivity index (χ3n) is 4.70. The van der Waals surface area contributed by atoms with Gasteiger partial charge in [-0.25, -0.2) is 14.6 Å². The first-order valence-corrected chi connectivity index (χ1v) is 9.13. The minimum absolute atomic E-state index is 0.623. The van der Waals surface area contributed by atoms with Crippen molar-refractivity contribution in [3.05, 3.63) is 65.2 Å². The predicted octanol–water partition coefficient (Wildman–Crippen LogP) is 3.60. The molecule has 4 rings (SSSR count). The average molecular weight is 384 g/mol. The quantitative estimate of drug-likeness (QED) is 0.577. The minimum atomic E-state index is 0.623. The van der Waals surface area contributed by atoms with Gasteiger partial charge in [0.1, 0.15) is 18.0 Å². The zero-order chi connectivity index (χ0) is 20.5. The van der Waals surface area contributed by atoms with Crippen LogP contribution in [0.2, 0.25) is 0 Å². The smallest absolute Gasteiger partial charge is 0.159 e. The lowest BCUT2D eigenvalue weighted by Crippen LogP contribution is -2.06. The summed E-state index contributed by atoms with van der Waals surface area (Å²) in [6.07, 6.45) is 1.52. The summed E-state index contributed by atoms with van der Waals surface area (Å²) in [5.41, 5.74) is 5.36. The lowest BCUT2D eigenvalue weighted by atomic mass is 10.1. The molecule has 0 atom stereocenters. The Balaban J connectivity index is 1.67. The fraction of sp³-hybridized carbons (Fsp3) is 0.190. The second-order valence-corrected chi connectivity index (χ2v) is 6.86. The molecule has 4 aromatic rings. The zero-order valence-corrected chi connectivity index (χ0v) is 16.7. The van der Waals surface area contributed by atoms with Crippen molar-refractivity contribution in [3.63, 3.8) is 0 Å². The molecular weight excluding hydrogens is 364 g/mol. The summed E-state index contributed by atoms with van der Waals surface area (Å²) in [4.78, 5) is 8.68. The van der Waals surface area contributed by atoms with Crippen LogP contribution < -0.4 is 5.32 Å². The monoisotopic (exact) mass is 384 g/mol. The van der Waals surface area contributed by atoms with Gasteiger partial charge in [0.05, 0.1) is 23.0 Å². The van der Waals surface area contributed by atoms with Gasteiger partial charge in [-0.15, -0.1) is 0 Å². The molecule has 0 amide bonds. The van der Waals surface area contributed by atoms with E-state index in [4.69, 9.17) is 5.26 Å². The molecule has 0 aliphatic rings. The van der Waals surface area contributed by atoms with Gasteiger partial charge in [-0.2, -0.15) is 15.5 Å². The van der Waals surface area contributed by atoms with Crippen LogP contribution in [0.4, 0.5) is 11.6 Å². The van der Waals surface area contributed by atoms with Crippen LogP contribution in [-0.4, -0.2) is 29.5 Å². The number of aryl methyl sites for hydroxylation is 3. The molecule has 144 valence electrons. The van der Waals surface area contributed by atoms with Crippen LogP contribution in [0.1, 0.15) is 22.5 Å². The summed E-state index contributed by atoms with van der Waals surface area (Å²) >= 11 is 0. The average Bonchev–Trinajstić information content (AvgIpc) is 3.21. The van der Waals surface area contributed by atoms with Gasteiger partial charge in [0.15, 0.2) is 5.82 Å².